The van der Waals surface area contributed by atoms with Crippen LogP contribution in [0.2, 0.25) is 0 Å². The molecule has 82 valence electrons. The van der Waals surface area contributed by atoms with Gasteiger partial charge in [0, 0.05) is 11.8 Å². The summed E-state index contributed by atoms with van der Waals surface area (Å²) in [6, 6.07) is 0. The number of aromatic nitrogens is 1. The van der Waals surface area contributed by atoms with Crippen LogP contribution in [0.5, 0.6) is 5.88 Å². The van der Waals surface area contributed by atoms with Gasteiger partial charge in [-0.2, -0.15) is 0 Å². The number of halogens is 2. The number of nitrogens with zero attached hydrogens (tertiary/aromatic N) is 1. The Morgan fingerprint density at radius 3 is 2.60 bits per heavy atom. The monoisotopic (exact) mass is 217 g/mol. The van der Waals surface area contributed by atoms with E-state index in [0.29, 0.717) is 0 Å². The van der Waals surface area contributed by atoms with Crippen LogP contribution in [0.4, 0.5) is 8.78 Å². The summed E-state index contributed by atoms with van der Waals surface area (Å²) in [7, 11) is 1.18. The molecule has 0 aromatic carbocycles. The average molecular weight is 217 g/mol. The van der Waals surface area contributed by atoms with E-state index >= 15 is 0 Å². The summed E-state index contributed by atoms with van der Waals surface area (Å²) in [5, 5.41) is 8.80. The molecule has 1 heterocycles. The van der Waals surface area contributed by atoms with E-state index in [1.54, 1.807) is 0 Å². The van der Waals surface area contributed by atoms with Gasteiger partial charge in [0.2, 0.25) is 5.88 Å². The van der Waals surface area contributed by atoms with Crippen molar-refractivity contribution in [2.45, 2.75) is 13.3 Å². The van der Waals surface area contributed by atoms with Crippen molar-refractivity contribution in [3.63, 3.8) is 0 Å². The summed E-state index contributed by atoms with van der Waals surface area (Å²) in [6.07, 6.45) is -1.71. The zero-order valence-corrected chi connectivity index (χ0v) is 8.12. The number of alkyl halides is 2. The highest BCUT2D eigenvalue weighted by atomic mass is 19.3. The number of ether oxygens (including phenoxy) is 1. The van der Waals surface area contributed by atoms with Gasteiger partial charge in [-0.15, -0.1) is 0 Å². The van der Waals surface area contributed by atoms with Crippen LogP contribution in [0.25, 0.3) is 0 Å². The largest absolute Gasteiger partial charge is 0.480 e. The maximum Gasteiger partial charge on any atom is 0.341 e. The average Bonchev–Trinajstić information content (AvgIpc) is 2.16. The Hall–Kier alpha value is -1.72. The third-order valence-corrected chi connectivity index (χ3v) is 1.91. The van der Waals surface area contributed by atoms with Gasteiger partial charge in [-0.3, -0.25) is 0 Å². The highest BCUT2D eigenvalue weighted by Gasteiger charge is 2.25. The number of carbonyl (C=O) groups is 1. The summed E-state index contributed by atoms with van der Waals surface area (Å²) in [4.78, 5) is 14.4. The summed E-state index contributed by atoms with van der Waals surface area (Å²) >= 11 is 0. The Morgan fingerprint density at radius 2 is 2.20 bits per heavy atom. The molecule has 1 rings (SSSR count). The van der Waals surface area contributed by atoms with Crippen LogP contribution in [-0.4, -0.2) is 23.2 Å². The second-order valence-corrected chi connectivity index (χ2v) is 2.85. The molecule has 0 radical (unpaired) electrons. The lowest BCUT2D eigenvalue weighted by Gasteiger charge is -2.11. The van der Waals surface area contributed by atoms with Crippen LogP contribution in [0.15, 0.2) is 6.20 Å². The number of pyridine rings is 1. The SMILES string of the molecule is COc1ncc(C)c(C(F)F)c1C(=O)O. The maximum atomic E-state index is 12.6. The van der Waals surface area contributed by atoms with Crippen LogP contribution in [0.1, 0.15) is 27.9 Å². The zero-order valence-electron chi connectivity index (χ0n) is 8.12. The van der Waals surface area contributed by atoms with E-state index in [9.17, 15) is 13.6 Å². The molecule has 1 aromatic heterocycles. The molecule has 0 spiro atoms. The van der Waals surface area contributed by atoms with Gasteiger partial charge in [-0.05, 0) is 12.5 Å². The molecule has 1 aromatic rings. The van der Waals surface area contributed by atoms with Gasteiger partial charge >= 0.3 is 5.97 Å². The number of aryl methyl sites for hydroxylation is 1. The van der Waals surface area contributed by atoms with Gasteiger partial charge in [-0.1, -0.05) is 0 Å². The predicted molar refractivity (Wildman–Crippen MR) is 47.4 cm³/mol. The van der Waals surface area contributed by atoms with Crippen molar-refractivity contribution in [3.8, 4) is 5.88 Å². The normalized spacial score (nSPS) is 10.5. The van der Waals surface area contributed by atoms with E-state index in [4.69, 9.17) is 5.11 Å². The Labute approximate surface area is 84.5 Å². The number of hydrogen-bond donors (Lipinski definition) is 1. The van der Waals surface area contributed by atoms with E-state index in [1.165, 1.54) is 14.0 Å². The van der Waals surface area contributed by atoms with E-state index < -0.39 is 23.5 Å². The molecule has 0 amide bonds. The first-order chi connectivity index (χ1) is 6.99. The molecule has 15 heavy (non-hydrogen) atoms. The molecule has 1 N–H and O–H groups in total. The molecule has 0 aliphatic carbocycles. The number of aromatic carboxylic acids is 1. The quantitative estimate of drug-likeness (QED) is 0.841. The Bertz CT molecular complexity index is 393. The van der Waals surface area contributed by atoms with Gasteiger partial charge in [0.15, 0.2) is 0 Å². The number of hydrogen-bond acceptors (Lipinski definition) is 3. The molecule has 0 saturated heterocycles. The lowest BCUT2D eigenvalue weighted by molar-refractivity contribution is 0.0678. The summed E-state index contributed by atoms with van der Waals surface area (Å²) in [5.41, 5.74) is -0.995. The molecule has 0 saturated carbocycles. The van der Waals surface area contributed by atoms with Crippen molar-refractivity contribution in [1.82, 2.24) is 4.98 Å². The highest BCUT2D eigenvalue weighted by molar-refractivity contribution is 5.92. The molecular formula is C9H9F2NO3. The fraction of sp³-hybridized carbons (Fsp3) is 0.333. The van der Waals surface area contributed by atoms with Crippen LogP contribution >= 0.6 is 0 Å². The summed E-state index contributed by atoms with van der Waals surface area (Å²) in [6.45, 7) is 1.38. The van der Waals surface area contributed by atoms with Crippen LogP contribution in [-0.2, 0) is 0 Å². The standard InChI is InChI=1S/C9H9F2NO3/c1-4-3-12-8(15-2)6(9(13)14)5(4)7(10)11/h3,7H,1-2H3,(H,13,14). The lowest BCUT2D eigenvalue weighted by atomic mass is 10.1. The van der Waals surface area contributed by atoms with Crippen LogP contribution < -0.4 is 4.74 Å². The molecule has 0 fully saturated rings. The number of carboxylic acids is 1. The summed E-state index contributed by atoms with van der Waals surface area (Å²) in [5.74, 6) is -1.78. The Balaban J connectivity index is 3.51. The third kappa shape index (κ3) is 2.03. The van der Waals surface area contributed by atoms with E-state index in [1.807, 2.05) is 0 Å². The predicted octanol–water partition coefficient (Wildman–Crippen LogP) is 2.03. The van der Waals surface area contributed by atoms with Crippen LogP contribution in [0, 0.1) is 6.92 Å². The van der Waals surface area contributed by atoms with Crippen molar-refractivity contribution in [2.75, 3.05) is 7.11 Å². The minimum absolute atomic E-state index is 0.128. The molecule has 4 nitrogen and oxygen atoms in total. The van der Waals surface area contributed by atoms with Crippen molar-refractivity contribution >= 4 is 5.97 Å². The van der Waals surface area contributed by atoms with Crippen molar-refractivity contribution < 1.29 is 23.4 Å². The van der Waals surface area contributed by atoms with Gasteiger partial charge in [0.25, 0.3) is 6.43 Å². The van der Waals surface area contributed by atoms with Crippen molar-refractivity contribution in [2.24, 2.45) is 0 Å². The molecule has 0 atom stereocenters. The first kappa shape index (κ1) is 11.4. The zero-order chi connectivity index (χ0) is 11.6. The highest BCUT2D eigenvalue weighted by Crippen LogP contribution is 2.30. The molecule has 0 bridgehead atoms. The van der Waals surface area contributed by atoms with Gasteiger partial charge in [0.1, 0.15) is 5.56 Å². The minimum atomic E-state index is -2.87. The molecule has 0 unspecified atom stereocenters. The fourth-order valence-electron chi connectivity index (χ4n) is 1.24. The van der Waals surface area contributed by atoms with Gasteiger partial charge in [0.05, 0.1) is 7.11 Å². The fourth-order valence-corrected chi connectivity index (χ4v) is 1.24. The number of rotatable bonds is 3. The second kappa shape index (κ2) is 4.20. The maximum absolute atomic E-state index is 12.6. The molecule has 0 aliphatic rings. The minimum Gasteiger partial charge on any atom is -0.480 e. The Morgan fingerprint density at radius 1 is 1.60 bits per heavy atom. The summed E-state index contributed by atoms with van der Waals surface area (Å²) < 4.78 is 29.9. The first-order valence-corrected chi connectivity index (χ1v) is 4.04. The molecular weight excluding hydrogens is 208 g/mol. The molecule has 6 heteroatoms. The van der Waals surface area contributed by atoms with E-state index in [2.05, 4.69) is 9.72 Å². The van der Waals surface area contributed by atoms with Gasteiger partial charge in [-0.25, -0.2) is 18.6 Å². The van der Waals surface area contributed by atoms with E-state index in [-0.39, 0.29) is 11.4 Å². The number of carboxylic acid groups (broad SMARTS) is 1. The molecule has 0 aliphatic heterocycles. The Kier molecular flexibility index (Phi) is 3.18. The topological polar surface area (TPSA) is 59.4 Å². The first-order valence-electron chi connectivity index (χ1n) is 4.04. The lowest BCUT2D eigenvalue weighted by Crippen LogP contribution is -2.09. The van der Waals surface area contributed by atoms with Crippen molar-refractivity contribution in [3.05, 3.63) is 22.9 Å². The second-order valence-electron chi connectivity index (χ2n) is 2.85. The smallest absolute Gasteiger partial charge is 0.341 e. The number of methoxy groups -OCH3 is 1. The van der Waals surface area contributed by atoms with Gasteiger partial charge < -0.3 is 9.84 Å². The van der Waals surface area contributed by atoms with E-state index in [0.717, 1.165) is 6.20 Å². The van der Waals surface area contributed by atoms with Crippen molar-refractivity contribution in [1.29, 1.82) is 0 Å². The third-order valence-electron chi connectivity index (χ3n) is 1.91. The van der Waals surface area contributed by atoms with Crippen LogP contribution in [0.3, 0.4) is 0 Å².